The maximum Gasteiger partial charge on any atom is 0.362 e. The van der Waals surface area contributed by atoms with Gasteiger partial charge < -0.3 is 72.8 Å². The third kappa shape index (κ3) is 63.7. The van der Waals surface area contributed by atoms with Crippen molar-refractivity contribution in [1.29, 1.82) is 0 Å². The van der Waals surface area contributed by atoms with E-state index in [0.717, 1.165) is 141 Å². The zero-order valence-corrected chi connectivity index (χ0v) is 56.0. The highest BCUT2D eigenvalue weighted by molar-refractivity contribution is 5.71. The van der Waals surface area contributed by atoms with Crippen LogP contribution in [0.15, 0.2) is 24.3 Å². The molecule has 0 amide bonds. The molecule has 0 radical (unpaired) electrons. The number of rotatable bonds is 55. The van der Waals surface area contributed by atoms with Crippen LogP contribution in [0.4, 0.5) is 0 Å². The van der Waals surface area contributed by atoms with Crippen LogP contribution in [0, 0.1) is 0 Å². The van der Waals surface area contributed by atoms with Crippen LogP contribution in [0.2, 0.25) is 0 Å². The Morgan fingerprint density at radius 3 is 1.09 bits per heavy atom. The number of nitrogens with zero attached hydrogens (tertiary/aromatic N) is 2. The molecule has 0 spiro atoms. The van der Waals surface area contributed by atoms with Gasteiger partial charge in [0.25, 0.3) is 0 Å². The van der Waals surface area contributed by atoms with E-state index in [4.69, 9.17) is 28.8 Å². The smallest absolute Gasteiger partial charge is 0.362 e. The zero-order chi connectivity index (χ0) is 61.5. The number of halogens is 2. The van der Waals surface area contributed by atoms with Crippen LogP contribution in [0.25, 0.3) is 0 Å². The summed E-state index contributed by atoms with van der Waals surface area (Å²) in [5, 5.41) is 30.2. The number of likely N-dealkylation sites (N-methyl/N-ethyl adjacent to an activating group) is 2. The van der Waals surface area contributed by atoms with E-state index in [2.05, 4.69) is 32.9 Å². The highest BCUT2D eigenvalue weighted by Gasteiger charge is 2.29. The van der Waals surface area contributed by atoms with Gasteiger partial charge in [-0.2, -0.15) is 0 Å². The Morgan fingerprint density at radius 2 is 0.709 bits per heavy atom. The van der Waals surface area contributed by atoms with E-state index >= 15 is 0 Å². The van der Waals surface area contributed by atoms with Gasteiger partial charge in [-0.05, 0) is 96.3 Å². The van der Waals surface area contributed by atoms with E-state index < -0.39 is 30.4 Å². The van der Waals surface area contributed by atoms with Crippen molar-refractivity contribution >= 4 is 35.8 Å². The van der Waals surface area contributed by atoms with Gasteiger partial charge in [0.05, 0.1) is 47.0 Å². The van der Waals surface area contributed by atoms with Crippen LogP contribution in [0.1, 0.15) is 281 Å². The second-order valence-corrected chi connectivity index (χ2v) is 23.9. The van der Waals surface area contributed by atoms with Crippen LogP contribution in [-0.2, 0) is 52.5 Å². The summed E-state index contributed by atoms with van der Waals surface area (Å²) < 4.78 is 28.0. The predicted molar refractivity (Wildman–Crippen MR) is 342 cm³/mol. The number of aliphatic hydroxyl groups is 2. The number of unbranched alkanes of at least 4 members (excludes halogenated alkanes) is 21. The summed E-state index contributed by atoms with van der Waals surface area (Å²) in [4.78, 5) is 71.0. The van der Waals surface area contributed by atoms with Crippen LogP contribution in [-0.4, -0.2) is 159 Å². The van der Waals surface area contributed by atoms with E-state index in [9.17, 15) is 39.0 Å². The maximum absolute atomic E-state index is 12.8. The molecular weight excluding hydrogens is 1140 g/mol. The Morgan fingerprint density at radius 1 is 0.384 bits per heavy atom. The molecule has 0 saturated carbocycles. The highest BCUT2D eigenvalue weighted by atomic mass is 35.5. The third-order valence-corrected chi connectivity index (χ3v) is 14.4. The van der Waals surface area contributed by atoms with Gasteiger partial charge in [0.2, 0.25) is 0 Å². The molecular formula is C68H132Cl2N2O14. The number of esters is 5. The monoisotopic (exact) mass is 1270 g/mol. The number of carbonyl (C=O) groups is 6. The Bertz CT molecular complexity index is 1670. The quantitative estimate of drug-likeness (QED) is 0.0171. The molecule has 18 heteroatoms. The fourth-order valence-corrected chi connectivity index (χ4v) is 9.12. The normalized spacial score (nSPS) is 12.6. The summed E-state index contributed by atoms with van der Waals surface area (Å²) in [7, 11) is 7.61. The molecule has 0 saturated heterocycles. The van der Waals surface area contributed by atoms with Crippen LogP contribution >= 0.6 is 0 Å². The minimum Gasteiger partial charge on any atom is -1.00 e. The van der Waals surface area contributed by atoms with Crippen molar-refractivity contribution in [3.8, 4) is 0 Å². The van der Waals surface area contributed by atoms with E-state index in [1.807, 2.05) is 54.2 Å². The van der Waals surface area contributed by atoms with E-state index in [1.54, 1.807) is 0 Å². The molecule has 0 aliphatic carbocycles. The molecule has 0 aromatic heterocycles. The van der Waals surface area contributed by atoms with Gasteiger partial charge in [-0.15, -0.1) is 0 Å². The average molecular weight is 1270 g/mol. The molecule has 0 aromatic rings. The lowest BCUT2D eigenvalue weighted by Gasteiger charge is -2.30. The summed E-state index contributed by atoms with van der Waals surface area (Å²) >= 11 is 0. The number of hydrogen-bond acceptors (Lipinski definition) is 13. The second-order valence-electron chi connectivity index (χ2n) is 23.9. The first kappa shape index (κ1) is 93.9. The number of carbonyl (C=O) groups excluding carboxylic acids is 5. The highest BCUT2D eigenvalue weighted by Crippen LogP contribution is 2.18. The number of quaternary nitrogens is 2. The minimum atomic E-state index is -0.747. The predicted octanol–water partition coefficient (Wildman–Crippen LogP) is 8.92. The summed E-state index contributed by atoms with van der Waals surface area (Å²) in [5.74, 6) is -1.92. The number of ether oxygens (including phenoxy) is 5. The first-order valence-electron chi connectivity index (χ1n) is 32.6. The van der Waals surface area contributed by atoms with Gasteiger partial charge in [0.1, 0.15) is 38.5 Å². The molecule has 0 aliphatic heterocycles. The van der Waals surface area contributed by atoms with Crippen molar-refractivity contribution in [2.75, 3.05) is 74.2 Å². The number of carboxylic acids is 1. The van der Waals surface area contributed by atoms with Gasteiger partial charge >= 0.3 is 35.8 Å². The molecule has 86 heavy (non-hydrogen) atoms. The van der Waals surface area contributed by atoms with Crippen molar-refractivity contribution in [1.82, 2.24) is 0 Å². The molecule has 0 heterocycles. The molecule has 0 aromatic carbocycles. The molecule has 0 aliphatic rings. The SMILES string of the molecule is C.C.CCCCCC(OC(=O)C[N+](C)(C)CCOC(=O)CCC)C(O)C/C=C\CCCCCCCC(=O)O.CCCCCCCCCCOC(=O)CCCCCCC/C=C\CC(O)C(CCCCC)OC(=O)C[N+](C)(C)CCOC(=O)CCC.[Cl-].[Cl-]. The largest absolute Gasteiger partial charge is 1.00 e. The molecule has 512 valence electrons. The van der Waals surface area contributed by atoms with Crippen LogP contribution in [0.3, 0.4) is 0 Å². The number of carboxylic acid groups (broad SMARTS) is 1. The van der Waals surface area contributed by atoms with Crippen LogP contribution < -0.4 is 24.8 Å². The third-order valence-electron chi connectivity index (χ3n) is 14.4. The van der Waals surface area contributed by atoms with Gasteiger partial charge in [-0.3, -0.25) is 19.2 Å². The molecule has 16 nitrogen and oxygen atoms in total. The lowest BCUT2D eigenvalue weighted by atomic mass is 10.0. The Kier molecular flexibility index (Phi) is 70.6. The summed E-state index contributed by atoms with van der Waals surface area (Å²) in [6.45, 7) is 12.7. The minimum absolute atomic E-state index is 0. The number of hydrogen-bond donors (Lipinski definition) is 3. The Hall–Kier alpha value is -3.28. The fraction of sp³-hybridized carbons (Fsp3) is 0.853. The van der Waals surface area contributed by atoms with E-state index in [0.29, 0.717) is 73.6 Å². The van der Waals surface area contributed by atoms with Crippen molar-refractivity contribution in [2.24, 2.45) is 0 Å². The summed E-state index contributed by atoms with van der Waals surface area (Å²) in [5.41, 5.74) is 0. The maximum atomic E-state index is 12.8. The van der Waals surface area contributed by atoms with Gasteiger partial charge in [0.15, 0.2) is 13.1 Å². The van der Waals surface area contributed by atoms with Gasteiger partial charge in [0, 0.05) is 25.7 Å². The fourth-order valence-electron chi connectivity index (χ4n) is 9.12. The second kappa shape index (κ2) is 64.7. The summed E-state index contributed by atoms with van der Waals surface area (Å²) in [6, 6.07) is 0. The molecule has 0 rings (SSSR count). The Balaban J connectivity index is -0.000000365. The van der Waals surface area contributed by atoms with Crippen molar-refractivity contribution in [3.63, 3.8) is 0 Å². The van der Waals surface area contributed by atoms with E-state index in [-0.39, 0.29) is 102 Å². The lowest BCUT2D eigenvalue weighted by molar-refractivity contribution is -0.883. The molecule has 0 fully saturated rings. The topological polar surface area (TPSA) is 209 Å². The first-order chi connectivity index (χ1) is 39.3. The number of aliphatic hydroxyl groups excluding tert-OH is 2. The average Bonchev–Trinajstić information content (AvgIpc) is 3.47. The van der Waals surface area contributed by atoms with Gasteiger partial charge in [-0.25, -0.2) is 9.59 Å². The van der Waals surface area contributed by atoms with E-state index in [1.165, 1.54) is 38.5 Å². The first-order valence-corrected chi connectivity index (χ1v) is 32.6. The number of allylic oxidation sites excluding steroid dienone is 2. The van der Waals surface area contributed by atoms with Crippen LogP contribution in [0.5, 0.6) is 0 Å². The molecule has 4 atom stereocenters. The standard InChI is InChI=1S/C38H72NO7.C28H51NO7.2CH4.2ClH/c1-6-9-11-12-13-18-21-25-31-44-37(42)29-24-20-17-15-14-16-19-23-27-34(40)35(28-22-10-7-2)46-38(43)33-39(4,5)30-32-45-36(41)26-8-3;1-5-7-14-19-25(24(30)18-15-12-10-8-9-11-13-16-20-26(31)32)36-28(34)23-29(3,4)21-22-35-27(33)17-6-2;;;;/h19,23,34-35,40H,6-18,20-22,24-33H2,1-5H3;12,15,24-25,30H,5-11,13-14,16-23H2,1-4H3;2*1H4;2*1H/q+1;;;;;/p-1/b23-19-;15-12-;;;;. The van der Waals surface area contributed by atoms with Crippen molar-refractivity contribution in [3.05, 3.63) is 24.3 Å². The molecule has 0 bridgehead atoms. The summed E-state index contributed by atoms with van der Waals surface area (Å²) in [6.07, 6.45) is 38.6. The number of aliphatic carboxylic acids is 1. The Labute approximate surface area is 538 Å². The van der Waals surface area contributed by atoms with Crippen molar-refractivity contribution in [2.45, 2.75) is 305 Å². The molecule has 3 N–H and O–H groups in total. The van der Waals surface area contributed by atoms with Crippen molar-refractivity contribution < 1.29 is 102 Å². The van der Waals surface area contributed by atoms with Gasteiger partial charge in [-0.1, -0.05) is 183 Å². The lowest BCUT2D eigenvalue weighted by Crippen LogP contribution is -3.00. The zero-order valence-electron chi connectivity index (χ0n) is 54.5. The molecule has 4 unspecified atom stereocenters.